The number of carbonyl (C=O) groups is 1. The van der Waals surface area contributed by atoms with E-state index in [4.69, 9.17) is 9.47 Å². The lowest BCUT2D eigenvalue weighted by molar-refractivity contribution is -0.00396. The van der Waals surface area contributed by atoms with Gasteiger partial charge in [-0.1, -0.05) is 66.7 Å². The van der Waals surface area contributed by atoms with Crippen LogP contribution in [0.1, 0.15) is 54.6 Å². The van der Waals surface area contributed by atoms with E-state index in [2.05, 4.69) is 61.6 Å². The molecule has 0 fully saturated rings. The lowest BCUT2D eigenvalue weighted by Crippen LogP contribution is -2.46. The van der Waals surface area contributed by atoms with Crippen molar-refractivity contribution in [3.05, 3.63) is 94.9 Å². The van der Waals surface area contributed by atoms with Gasteiger partial charge in [0.05, 0.1) is 25.4 Å². The molecule has 0 saturated heterocycles. The van der Waals surface area contributed by atoms with Gasteiger partial charge in [-0.3, -0.25) is 0 Å². The van der Waals surface area contributed by atoms with Crippen LogP contribution in [-0.2, 0) is 15.9 Å². The zero-order valence-electron chi connectivity index (χ0n) is 22.6. The van der Waals surface area contributed by atoms with Gasteiger partial charge in [-0.25, -0.2) is 4.79 Å². The number of nitrogens with one attached hydrogen (secondary N) is 1. The maximum Gasteiger partial charge on any atom is 0.348 e. The van der Waals surface area contributed by atoms with Crippen LogP contribution in [0.4, 0.5) is 0 Å². The van der Waals surface area contributed by atoms with Crippen molar-refractivity contribution in [3.8, 4) is 10.4 Å². The smallest absolute Gasteiger partial charge is 0.348 e. The van der Waals surface area contributed by atoms with Gasteiger partial charge in [0.25, 0.3) is 0 Å². The van der Waals surface area contributed by atoms with Gasteiger partial charge < -0.3 is 19.9 Å². The number of β-amino-alcohol motifs (C(OH)–C–C–N with tert-alkyl or cyclic N) is 1. The first-order valence-electron chi connectivity index (χ1n) is 13.1. The molecule has 0 aliphatic heterocycles. The summed E-state index contributed by atoms with van der Waals surface area (Å²) in [6.07, 6.45) is -0.0127. The largest absolute Gasteiger partial charge is 0.462 e. The first-order chi connectivity index (χ1) is 18.3. The molecule has 0 amide bonds. The SMILES string of the molecule is CCOC(=O)c1ccc(-c2ccccc2C(C)OC[C@H](O)CNC(C)(C)Cc2ccc3ccccc3c2)s1. The predicted octanol–water partition coefficient (Wildman–Crippen LogP) is 6.79. The number of hydrogen-bond acceptors (Lipinski definition) is 6. The Morgan fingerprint density at radius 1 is 1.00 bits per heavy atom. The third kappa shape index (κ3) is 7.29. The standard InChI is InChI=1S/C32H37NO4S/c1-5-36-31(35)30-17-16-29(38-30)28-13-9-8-12-27(28)22(2)37-21-26(34)20-33-32(3,4)19-23-14-15-24-10-6-7-11-25(24)18-23/h6-18,22,26,33-34H,5,19-21H2,1-4H3/t22?,26-/m1/s1. The van der Waals surface area contributed by atoms with Gasteiger partial charge >= 0.3 is 5.97 Å². The summed E-state index contributed by atoms with van der Waals surface area (Å²) in [5, 5.41) is 16.7. The number of fused-ring (bicyclic) bond motifs is 1. The molecule has 0 aliphatic rings. The second-order valence-corrected chi connectivity index (χ2v) is 11.3. The molecule has 0 spiro atoms. The highest BCUT2D eigenvalue weighted by Crippen LogP contribution is 2.35. The minimum atomic E-state index is -0.641. The number of ether oxygens (including phenoxy) is 2. The van der Waals surface area contributed by atoms with Crippen LogP contribution < -0.4 is 5.32 Å². The molecular weight excluding hydrogens is 494 g/mol. The molecule has 2 atom stereocenters. The summed E-state index contributed by atoms with van der Waals surface area (Å²) in [5.74, 6) is -0.301. The third-order valence-corrected chi connectivity index (χ3v) is 7.66. The zero-order chi connectivity index (χ0) is 27.1. The molecule has 0 aliphatic carbocycles. The normalized spacial score (nSPS) is 13.4. The summed E-state index contributed by atoms with van der Waals surface area (Å²) in [7, 11) is 0. The maximum atomic E-state index is 12.1. The van der Waals surface area contributed by atoms with Crippen LogP contribution in [-0.4, -0.2) is 42.5 Å². The van der Waals surface area contributed by atoms with Crippen molar-refractivity contribution in [2.75, 3.05) is 19.8 Å². The predicted molar refractivity (Wildman–Crippen MR) is 156 cm³/mol. The molecule has 4 aromatic rings. The van der Waals surface area contributed by atoms with E-state index < -0.39 is 6.10 Å². The number of carbonyl (C=O) groups excluding carboxylic acids is 1. The Morgan fingerprint density at radius 3 is 2.53 bits per heavy atom. The van der Waals surface area contributed by atoms with Crippen molar-refractivity contribution < 1.29 is 19.4 Å². The lowest BCUT2D eigenvalue weighted by atomic mass is 9.93. The van der Waals surface area contributed by atoms with Crippen LogP contribution in [0.15, 0.2) is 78.9 Å². The summed E-state index contributed by atoms with van der Waals surface area (Å²) >= 11 is 1.41. The Morgan fingerprint density at radius 2 is 1.74 bits per heavy atom. The quantitative estimate of drug-likeness (QED) is 0.197. The van der Waals surface area contributed by atoms with Gasteiger partial charge in [0.15, 0.2) is 0 Å². The first kappa shape index (κ1) is 28.0. The summed E-state index contributed by atoms with van der Waals surface area (Å²) < 4.78 is 11.2. The Hall–Kier alpha value is -3.03. The van der Waals surface area contributed by atoms with Gasteiger partial charge in [-0.2, -0.15) is 0 Å². The van der Waals surface area contributed by atoms with Gasteiger partial charge in [-0.05, 0) is 73.7 Å². The lowest BCUT2D eigenvalue weighted by Gasteiger charge is -2.28. The number of aliphatic hydroxyl groups is 1. The van der Waals surface area contributed by atoms with E-state index in [1.807, 2.05) is 37.3 Å². The van der Waals surface area contributed by atoms with Gasteiger partial charge in [0, 0.05) is 17.0 Å². The Balaban J connectivity index is 1.31. The molecule has 2 N–H and O–H groups in total. The molecule has 200 valence electrons. The highest BCUT2D eigenvalue weighted by Gasteiger charge is 2.21. The van der Waals surface area contributed by atoms with Crippen LogP contribution in [0.25, 0.3) is 21.2 Å². The average molecular weight is 532 g/mol. The second-order valence-electron chi connectivity index (χ2n) is 10.2. The first-order valence-corrected chi connectivity index (χ1v) is 14.0. The van der Waals surface area contributed by atoms with Crippen molar-refractivity contribution in [2.24, 2.45) is 0 Å². The van der Waals surface area contributed by atoms with E-state index in [9.17, 15) is 9.90 Å². The van der Waals surface area contributed by atoms with Gasteiger partial charge in [-0.15, -0.1) is 11.3 Å². The molecule has 1 unspecified atom stereocenters. The molecule has 0 radical (unpaired) electrons. The molecule has 5 nitrogen and oxygen atoms in total. The average Bonchev–Trinajstić information content (AvgIpc) is 3.41. The second kappa shape index (κ2) is 12.7. The summed E-state index contributed by atoms with van der Waals surface area (Å²) in [4.78, 5) is 13.7. The van der Waals surface area contributed by atoms with Gasteiger partial charge in [0.1, 0.15) is 4.88 Å². The van der Waals surface area contributed by atoms with Crippen molar-refractivity contribution in [1.29, 1.82) is 0 Å². The van der Waals surface area contributed by atoms with E-state index in [0.29, 0.717) is 18.0 Å². The maximum absolute atomic E-state index is 12.1. The number of benzene rings is 3. The highest BCUT2D eigenvalue weighted by molar-refractivity contribution is 7.17. The molecule has 6 heteroatoms. The monoisotopic (exact) mass is 531 g/mol. The van der Waals surface area contributed by atoms with Crippen LogP contribution in [0.5, 0.6) is 0 Å². The fourth-order valence-corrected chi connectivity index (χ4v) is 5.54. The van der Waals surface area contributed by atoms with Crippen LogP contribution in [0, 0.1) is 0 Å². The number of rotatable bonds is 12. The zero-order valence-corrected chi connectivity index (χ0v) is 23.4. The van der Waals surface area contributed by atoms with Crippen molar-refractivity contribution in [3.63, 3.8) is 0 Å². The summed E-state index contributed by atoms with van der Waals surface area (Å²) in [5.41, 5.74) is 3.11. The molecular formula is C32H37NO4S. The number of thiophene rings is 1. The van der Waals surface area contributed by atoms with Crippen molar-refractivity contribution >= 4 is 28.1 Å². The van der Waals surface area contributed by atoms with E-state index in [0.717, 1.165) is 22.4 Å². The Labute approximate surface area is 229 Å². The highest BCUT2D eigenvalue weighted by atomic mass is 32.1. The molecule has 4 rings (SSSR count). The Kier molecular flexibility index (Phi) is 9.34. The number of aliphatic hydroxyl groups excluding tert-OH is 1. The molecule has 1 heterocycles. The Bertz CT molecular complexity index is 1360. The third-order valence-electron chi connectivity index (χ3n) is 6.56. The summed E-state index contributed by atoms with van der Waals surface area (Å²) in [6.45, 7) is 9.10. The van der Waals surface area contributed by atoms with Gasteiger partial charge in [0.2, 0.25) is 0 Å². The minimum absolute atomic E-state index is 0.183. The van der Waals surface area contributed by atoms with E-state index in [1.54, 1.807) is 13.0 Å². The fraction of sp³-hybridized carbons (Fsp3) is 0.344. The minimum Gasteiger partial charge on any atom is -0.462 e. The van der Waals surface area contributed by atoms with Crippen molar-refractivity contribution in [1.82, 2.24) is 5.32 Å². The number of esters is 1. The van der Waals surface area contributed by atoms with E-state index in [-0.39, 0.29) is 24.2 Å². The summed E-state index contributed by atoms with van der Waals surface area (Å²) in [6, 6.07) is 26.7. The molecule has 3 aromatic carbocycles. The van der Waals surface area contributed by atoms with Crippen LogP contribution in [0.2, 0.25) is 0 Å². The topological polar surface area (TPSA) is 67.8 Å². The van der Waals surface area contributed by atoms with Crippen LogP contribution >= 0.6 is 11.3 Å². The molecule has 38 heavy (non-hydrogen) atoms. The van der Waals surface area contributed by atoms with E-state index in [1.165, 1.54) is 27.7 Å². The fourth-order valence-electron chi connectivity index (χ4n) is 4.59. The number of hydrogen-bond donors (Lipinski definition) is 2. The molecule has 0 bridgehead atoms. The van der Waals surface area contributed by atoms with Crippen LogP contribution in [0.3, 0.4) is 0 Å². The van der Waals surface area contributed by atoms with Crippen molar-refractivity contribution in [2.45, 2.75) is 51.9 Å². The van der Waals surface area contributed by atoms with E-state index >= 15 is 0 Å². The molecule has 0 saturated carbocycles. The molecule has 1 aromatic heterocycles.